The third-order valence-electron chi connectivity index (χ3n) is 4.61. The van der Waals surface area contributed by atoms with Gasteiger partial charge in [0.2, 0.25) is 0 Å². The van der Waals surface area contributed by atoms with Crippen molar-refractivity contribution in [1.82, 2.24) is 10.3 Å². The van der Waals surface area contributed by atoms with Crippen LogP contribution in [0.3, 0.4) is 0 Å². The van der Waals surface area contributed by atoms with Crippen LogP contribution in [-0.2, 0) is 5.54 Å². The summed E-state index contributed by atoms with van der Waals surface area (Å²) in [7, 11) is 1.63. The Morgan fingerprint density at radius 2 is 1.93 bits per heavy atom. The molecule has 0 radical (unpaired) electrons. The third-order valence-corrected chi connectivity index (χ3v) is 5.37. The van der Waals surface area contributed by atoms with Crippen LogP contribution in [0.25, 0.3) is 16.8 Å². The van der Waals surface area contributed by atoms with Crippen molar-refractivity contribution in [3.8, 4) is 17.0 Å². The van der Waals surface area contributed by atoms with Gasteiger partial charge >= 0.3 is 6.03 Å². The number of para-hydroxylation sites is 1. The van der Waals surface area contributed by atoms with Crippen LogP contribution in [0.1, 0.15) is 31.9 Å². The number of allylic oxidation sites excluding steroid dienone is 1. The Balaban J connectivity index is 1.72. The van der Waals surface area contributed by atoms with Gasteiger partial charge in [0.25, 0.3) is 0 Å². The predicted octanol–water partition coefficient (Wildman–Crippen LogP) is 5.91. The zero-order valence-electron chi connectivity index (χ0n) is 17.1. The second-order valence-corrected chi connectivity index (χ2v) is 8.16. The van der Waals surface area contributed by atoms with Crippen molar-refractivity contribution in [2.24, 2.45) is 0 Å². The highest BCUT2D eigenvalue weighted by molar-refractivity contribution is 7.14. The number of carbonyl (C=O) groups excluding carboxylic acids is 1. The number of aromatic nitrogens is 1. The molecular formula is C23H25N3O2S. The maximum absolute atomic E-state index is 12.6. The zero-order chi connectivity index (χ0) is 21.0. The minimum Gasteiger partial charge on any atom is -0.496 e. The second kappa shape index (κ2) is 8.49. The number of benzene rings is 2. The van der Waals surface area contributed by atoms with Gasteiger partial charge in [-0.3, -0.25) is 5.32 Å². The minimum absolute atomic E-state index is 0.309. The van der Waals surface area contributed by atoms with E-state index in [1.165, 1.54) is 11.3 Å². The van der Waals surface area contributed by atoms with E-state index in [-0.39, 0.29) is 6.03 Å². The third kappa shape index (κ3) is 4.84. The number of rotatable bonds is 6. The number of thiazole rings is 1. The number of ether oxygens (including phenoxy) is 1. The van der Waals surface area contributed by atoms with Crippen molar-refractivity contribution in [3.05, 3.63) is 71.6 Å². The molecule has 0 atom stereocenters. The van der Waals surface area contributed by atoms with Gasteiger partial charge in [0.1, 0.15) is 5.75 Å². The lowest BCUT2D eigenvalue weighted by Gasteiger charge is -2.27. The predicted molar refractivity (Wildman–Crippen MR) is 120 cm³/mol. The molecule has 0 saturated heterocycles. The van der Waals surface area contributed by atoms with Gasteiger partial charge in [-0.1, -0.05) is 42.5 Å². The quantitative estimate of drug-likeness (QED) is 0.534. The molecule has 2 amide bonds. The number of nitrogens with zero attached hydrogens (tertiary/aromatic N) is 1. The van der Waals surface area contributed by atoms with Crippen LogP contribution in [0.5, 0.6) is 5.75 Å². The van der Waals surface area contributed by atoms with Crippen molar-refractivity contribution < 1.29 is 9.53 Å². The lowest BCUT2D eigenvalue weighted by Crippen LogP contribution is -2.43. The number of methoxy groups -OCH3 is 1. The molecule has 0 aliphatic carbocycles. The number of urea groups is 1. The number of carbonyl (C=O) groups is 1. The summed E-state index contributed by atoms with van der Waals surface area (Å²) in [6, 6.07) is 15.4. The molecule has 2 N–H and O–H groups in total. The van der Waals surface area contributed by atoms with Crippen molar-refractivity contribution in [3.63, 3.8) is 0 Å². The highest BCUT2D eigenvalue weighted by Gasteiger charge is 2.24. The molecule has 6 heteroatoms. The molecule has 0 spiro atoms. The first kappa shape index (κ1) is 20.6. The first-order chi connectivity index (χ1) is 13.8. The summed E-state index contributed by atoms with van der Waals surface area (Å²) >= 11 is 1.37. The maximum Gasteiger partial charge on any atom is 0.321 e. The smallest absolute Gasteiger partial charge is 0.321 e. The van der Waals surface area contributed by atoms with Gasteiger partial charge in [0, 0.05) is 10.9 Å². The Hall–Kier alpha value is -3.12. The molecule has 0 unspecified atom stereocenters. The Labute approximate surface area is 175 Å². The van der Waals surface area contributed by atoms with Crippen LogP contribution in [0.4, 0.5) is 9.93 Å². The number of hydrogen-bond donors (Lipinski definition) is 2. The standard InChI is InChI=1S/C23H25N3O2S/c1-15(2)16-9-8-10-17(13-16)23(3,4)26-21(27)25-22-24-19(14-29-22)18-11-6-7-12-20(18)28-5/h6-14H,1H2,2-5H3,(H2,24,25,26,27). The Kier molecular flexibility index (Phi) is 6.03. The molecule has 5 nitrogen and oxygen atoms in total. The van der Waals surface area contributed by atoms with E-state index in [9.17, 15) is 4.79 Å². The molecule has 0 aliphatic rings. The topological polar surface area (TPSA) is 63.2 Å². The van der Waals surface area contributed by atoms with E-state index in [1.807, 2.05) is 74.7 Å². The highest BCUT2D eigenvalue weighted by Crippen LogP contribution is 2.32. The number of anilines is 1. The average molecular weight is 408 g/mol. The lowest BCUT2D eigenvalue weighted by atomic mass is 9.92. The van der Waals surface area contributed by atoms with Crippen LogP contribution in [0.15, 0.2) is 60.5 Å². The van der Waals surface area contributed by atoms with Gasteiger partial charge < -0.3 is 10.1 Å². The van der Waals surface area contributed by atoms with Crippen LogP contribution in [0, 0.1) is 0 Å². The summed E-state index contributed by atoms with van der Waals surface area (Å²) in [6.45, 7) is 9.88. The molecule has 150 valence electrons. The first-order valence-corrected chi connectivity index (χ1v) is 10.1. The van der Waals surface area contributed by atoms with Gasteiger partial charge in [-0.15, -0.1) is 11.3 Å². The fourth-order valence-corrected chi connectivity index (χ4v) is 3.67. The zero-order valence-corrected chi connectivity index (χ0v) is 17.9. The Bertz CT molecular complexity index is 1040. The Morgan fingerprint density at radius 1 is 1.17 bits per heavy atom. The summed E-state index contributed by atoms with van der Waals surface area (Å²) in [4.78, 5) is 17.1. The molecule has 1 heterocycles. The van der Waals surface area contributed by atoms with Crippen molar-refractivity contribution in [1.29, 1.82) is 0 Å². The summed E-state index contributed by atoms with van der Waals surface area (Å²) in [5.41, 5.74) is 4.13. The van der Waals surface area contributed by atoms with E-state index in [0.717, 1.165) is 33.7 Å². The van der Waals surface area contributed by atoms with Gasteiger partial charge in [0.05, 0.1) is 18.3 Å². The number of hydrogen-bond acceptors (Lipinski definition) is 4. The molecule has 0 fully saturated rings. The van der Waals surface area contributed by atoms with E-state index in [2.05, 4.69) is 22.2 Å². The van der Waals surface area contributed by atoms with Gasteiger partial charge in [0.15, 0.2) is 5.13 Å². The molecule has 0 aliphatic heterocycles. The van der Waals surface area contributed by atoms with Crippen molar-refractivity contribution in [2.45, 2.75) is 26.3 Å². The molecule has 29 heavy (non-hydrogen) atoms. The monoisotopic (exact) mass is 407 g/mol. The molecule has 0 bridgehead atoms. The maximum atomic E-state index is 12.6. The molecular weight excluding hydrogens is 382 g/mol. The molecule has 1 aromatic heterocycles. The van der Waals surface area contributed by atoms with Crippen LogP contribution in [0.2, 0.25) is 0 Å². The van der Waals surface area contributed by atoms with Gasteiger partial charge in [-0.25, -0.2) is 9.78 Å². The molecule has 0 saturated carbocycles. The average Bonchev–Trinajstić information content (AvgIpc) is 3.15. The largest absolute Gasteiger partial charge is 0.496 e. The number of nitrogens with one attached hydrogen (secondary N) is 2. The van der Waals surface area contributed by atoms with E-state index in [4.69, 9.17) is 4.74 Å². The summed E-state index contributed by atoms with van der Waals surface area (Å²) in [5, 5.41) is 8.27. The summed E-state index contributed by atoms with van der Waals surface area (Å²) in [6.07, 6.45) is 0. The van der Waals surface area contributed by atoms with E-state index in [0.29, 0.717) is 5.13 Å². The van der Waals surface area contributed by atoms with E-state index in [1.54, 1.807) is 7.11 Å². The van der Waals surface area contributed by atoms with E-state index < -0.39 is 5.54 Å². The van der Waals surface area contributed by atoms with Crippen LogP contribution in [-0.4, -0.2) is 18.1 Å². The van der Waals surface area contributed by atoms with Gasteiger partial charge in [-0.2, -0.15) is 0 Å². The Morgan fingerprint density at radius 3 is 2.66 bits per heavy atom. The first-order valence-electron chi connectivity index (χ1n) is 9.24. The van der Waals surface area contributed by atoms with E-state index >= 15 is 0 Å². The lowest BCUT2D eigenvalue weighted by molar-refractivity contribution is 0.242. The fraction of sp³-hybridized carbons (Fsp3) is 0.217. The minimum atomic E-state index is -0.557. The molecule has 2 aromatic carbocycles. The molecule has 3 aromatic rings. The van der Waals surface area contributed by atoms with Crippen LogP contribution < -0.4 is 15.4 Å². The normalized spacial score (nSPS) is 11.0. The molecule has 3 rings (SSSR count). The summed E-state index contributed by atoms with van der Waals surface area (Å²) < 4.78 is 5.39. The SMILES string of the molecule is C=C(C)c1cccc(C(C)(C)NC(=O)Nc2nc(-c3ccccc3OC)cs2)c1. The number of amides is 2. The summed E-state index contributed by atoms with van der Waals surface area (Å²) in [5.74, 6) is 0.743. The van der Waals surface area contributed by atoms with Crippen molar-refractivity contribution >= 4 is 28.1 Å². The fourth-order valence-electron chi connectivity index (χ4n) is 2.97. The highest BCUT2D eigenvalue weighted by atomic mass is 32.1. The second-order valence-electron chi connectivity index (χ2n) is 7.30. The van der Waals surface area contributed by atoms with Crippen molar-refractivity contribution in [2.75, 3.05) is 12.4 Å². The van der Waals surface area contributed by atoms with Crippen LogP contribution >= 0.6 is 11.3 Å². The van der Waals surface area contributed by atoms with Gasteiger partial charge in [-0.05, 0) is 50.1 Å².